The van der Waals surface area contributed by atoms with Gasteiger partial charge in [0.15, 0.2) is 0 Å². The van der Waals surface area contributed by atoms with E-state index in [2.05, 4.69) is 0 Å². The summed E-state index contributed by atoms with van der Waals surface area (Å²) < 4.78 is 45.3. The van der Waals surface area contributed by atoms with Crippen molar-refractivity contribution in [2.45, 2.75) is 30.4 Å². The predicted molar refractivity (Wildman–Crippen MR) is 74.8 cm³/mol. The maximum atomic E-state index is 13.2. The van der Waals surface area contributed by atoms with Gasteiger partial charge in [-0.15, -0.1) is 11.6 Å². The number of hydrogen-bond donors (Lipinski definition) is 0. The van der Waals surface area contributed by atoms with Gasteiger partial charge in [0.25, 0.3) is 0 Å². The quantitative estimate of drug-likeness (QED) is 0.802. The van der Waals surface area contributed by atoms with Crippen molar-refractivity contribution >= 4 is 21.6 Å². The first kappa shape index (κ1) is 15.7. The van der Waals surface area contributed by atoms with Gasteiger partial charge in [-0.1, -0.05) is 6.07 Å². The largest absolute Gasteiger partial charge is 0.368 e. The maximum Gasteiger partial charge on any atom is 0.243 e. The topological polar surface area (TPSA) is 46.6 Å². The Morgan fingerprint density at radius 1 is 1.50 bits per heavy atom. The van der Waals surface area contributed by atoms with Crippen LogP contribution in [-0.2, 0) is 14.8 Å². The van der Waals surface area contributed by atoms with Crippen LogP contribution in [0.4, 0.5) is 4.39 Å². The van der Waals surface area contributed by atoms with Gasteiger partial charge in [0, 0.05) is 19.0 Å². The zero-order valence-corrected chi connectivity index (χ0v) is 12.9. The summed E-state index contributed by atoms with van der Waals surface area (Å²) in [7, 11) is -3.74. The maximum absolute atomic E-state index is 13.2. The number of rotatable bonds is 3. The minimum absolute atomic E-state index is 0.0523. The zero-order valence-electron chi connectivity index (χ0n) is 11.3. The number of nitrogens with zero attached hydrogens (tertiary/aromatic N) is 1. The second-order valence-electron chi connectivity index (χ2n) is 5.41. The monoisotopic (exact) mass is 321 g/mol. The molecule has 0 amide bonds. The highest BCUT2D eigenvalue weighted by Gasteiger charge is 2.39. The van der Waals surface area contributed by atoms with Gasteiger partial charge < -0.3 is 4.74 Å². The molecule has 0 aliphatic carbocycles. The third-order valence-corrected chi connectivity index (χ3v) is 5.21. The van der Waals surface area contributed by atoms with E-state index in [1.807, 2.05) is 0 Å². The molecule has 1 saturated heterocycles. The van der Waals surface area contributed by atoms with E-state index >= 15 is 0 Å². The minimum Gasteiger partial charge on any atom is -0.368 e. The van der Waals surface area contributed by atoms with E-state index in [0.717, 1.165) is 6.07 Å². The number of benzene rings is 1. The summed E-state index contributed by atoms with van der Waals surface area (Å²) in [6.45, 7) is 3.99. The Hall–Kier alpha value is -0.690. The van der Waals surface area contributed by atoms with E-state index in [1.165, 1.54) is 22.5 Å². The van der Waals surface area contributed by atoms with Crippen LogP contribution >= 0.6 is 11.6 Å². The Bertz CT molecular complexity index is 591. The number of halogens is 2. The molecule has 20 heavy (non-hydrogen) atoms. The van der Waals surface area contributed by atoms with E-state index in [9.17, 15) is 12.8 Å². The van der Waals surface area contributed by atoms with Gasteiger partial charge in [0.05, 0.1) is 16.6 Å². The van der Waals surface area contributed by atoms with Crippen LogP contribution in [0.1, 0.15) is 13.8 Å². The lowest BCUT2D eigenvalue weighted by atomic mass is 10.1. The van der Waals surface area contributed by atoms with Crippen molar-refractivity contribution in [2.24, 2.45) is 0 Å². The molecule has 112 valence electrons. The van der Waals surface area contributed by atoms with Crippen LogP contribution in [0, 0.1) is 5.82 Å². The number of ether oxygens (including phenoxy) is 1. The molecule has 0 N–H and O–H groups in total. The molecule has 1 aliphatic heterocycles. The van der Waals surface area contributed by atoms with Crippen molar-refractivity contribution in [2.75, 3.05) is 19.0 Å². The lowest BCUT2D eigenvalue weighted by Crippen LogP contribution is -2.55. The molecule has 0 spiro atoms. The molecule has 2 rings (SSSR count). The normalized spacial score (nSPS) is 23.7. The molecule has 1 fully saturated rings. The fraction of sp³-hybridized carbons (Fsp3) is 0.538. The van der Waals surface area contributed by atoms with Crippen LogP contribution in [-0.4, -0.2) is 43.4 Å². The Kier molecular flexibility index (Phi) is 4.39. The molecule has 1 unspecified atom stereocenters. The van der Waals surface area contributed by atoms with Crippen LogP contribution in [0.2, 0.25) is 0 Å². The summed E-state index contributed by atoms with van der Waals surface area (Å²) in [6.07, 6.45) is -0.372. The van der Waals surface area contributed by atoms with Crippen molar-refractivity contribution in [1.29, 1.82) is 0 Å². The summed E-state index contributed by atoms with van der Waals surface area (Å²) >= 11 is 5.79. The molecular weight excluding hydrogens is 305 g/mol. The van der Waals surface area contributed by atoms with Crippen LogP contribution in [0.25, 0.3) is 0 Å². The molecule has 0 aromatic heterocycles. The summed E-state index contributed by atoms with van der Waals surface area (Å²) in [5.74, 6) is -0.369. The molecule has 1 aromatic carbocycles. The number of morpholine rings is 1. The minimum atomic E-state index is -3.74. The highest BCUT2D eigenvalue weighted by atomic mass is 35.5. The van der Waals surface area contributed by atoms with Crippen molar-refractivity contribution in [3.8, 4) is 0 Å². The average Bonchev–Trinajstić information content (AvgIpc) is 2.36. The Labute approximate surface area is 123 Å². The van der Waals surface area contributed by atoms with E-state index in [-0.39, 0.29) is 30.0 Å². The Morgan fingerprint density at radius 3 is 2.80 bits per heavy atom. The summed E-state index contributed by atoms with van der Waals surface area (Å²) in [5.41, 5.74) is -0.627. The van der Waals surface area contributed by atoms with Gasteiger partial charge in [0.1, 0.15) is 5.82 Å². The molecule has 4 nitrogen and oxygen atoms in total. The highest BCUT2D eigenvalue weighted by molar-refractivity contribution is 7.89. The van der Waals surface area contributed by atoms with Crippen molar-refractivity contribution in [3.63, 3.8) is 0 Å². The third kappa shape index (κ3) is 3.31. The molecule has 1 aliphatic rings. The molecular formula is C13H17ClFNO3S. The average molecular weight is 322 g/mol. The third-order valence-electron chi connectivity index (χ3n) is 3.06. The molecule has 0 radical (unpaired) electrons. The van der Waals surface area contributed by atoms with Crippen LogP contribution < -0.4 is 0 Å². The molecule has 1 heterocycles. The SMILES string of the molecule is CC1(C)CN(S(=O)(=O)c2cccc(F)c2)CC(CCl)O1. The summed E-state index contributed by atoms with van der Waals surface area (Å²) in [5, 5.41) is 0. The second-order valence-corrected chi connectivity index (χ2v) is 7.66. The first-order valence-corrected chi connectivity index (χ1v) is 8.21. The van der Waals surface area contributed by atoms with Gasteiger partial charge in [-0.3, -0.25) is 0 Å². The smallest absolute Gasteiger partial charge is 0.243 e. The van der Waals surface area contributed by atoms with Gasteiger partial charge in [-0.2, -0.15) is 4.31 Å². The molecule has 7 heteroatoms. The van der Waals surface area contributed by atoms with Crippen molar-refractivity contribution in [3.05, 3.63) is 30.1 Å². The van der Waals surface area contributed by atoms with Gasteiger partial charge in [-0.25, -0.2) is 12.8 Å². The van der Waals surface area contributed by atoms with E-state index < -0.39 is 21.4 Å². The van der Waals surface area contributed by atoms with Crippen molar-refractivity contribution < 1.29 is 17.5 Å². The van der Waals surface area contributed by atoms with Gasteiger partial charge >= 0.3 is 0 Å². The van der Waals surface area contributed by atoms with E-state index in [4.69, 9.17) is 16.3 Å². The molecule has 0 bridgehead atoms. The predicted octanol–water partition coefficient (Wildman–Crippen LogP) is 2.23. The molecule has 1 aromatic rings. The highest BCUT2D eigenvalue weighted by Crippen LogP contribution is 2.27. The lowest BCUT2D eigenvalue weighted by Gasteiger charge is -2.41. The van der Waals surface area contributed by atoms with Gasteiger partial charge in [0.2, 0.25) is 10.0 Å². The van der Waals surface area contributed by atoms with Crippen molar-refractivity contribution in [1.82, 2.24) is 4.31 Å². The Balaban J connectivity index is 2.33. The van der Waals surface area contributed by atoms with Crippen LogP contribution in [0.5, 0.6) is 0 Å². The van der Waals surface area contributed by atoms with Crippen LogP contribution in [0.15, 0.2) is 29.2 Å². The number of hydrogen-bond acceptors (Lipinski definition) is 3. The number of sulfonamides is 1. The van der Waals surface area contributed by atoms with Gasteiger partial charge in [-0.05, 0) is 32.0 Å². The van der Waals surface area contributed by atoms with E-state index in [0.29, 0.717) is 0 Å². The summed E-state index contributed by atoms with van der Waals surface area (Å²) in [6, 6.07) is 5.00. The second kappa shape index (κ2) is 5.60. The first-order valence-electron chi connectivity index (χ1n) is 6.24. The Morgan fingerprint density at radius 2 is 2.20 bits per heavy atom. The van der Waals surface area contributed by atoms with E-state index in [1.54, 1.807) is 13.8 Å². The molecule has 0 saturated carbocycles. The molecule has 1 atom stereocenters. The van der Waals surface area contributed by atoms with Crippen LogP contribution in [0.3, 0.4) is 0 Å². The lowest BCUT2D eigenvalue weighted by molar-refractivity contribution is -0.107. The summed E-state index contributed by atoms with van der Waals surface area (Å²) in [4.78, 5) is -0.0523. The standard InChI is InChI=1S/C13H17ClFNO3S/c1-13(2)9-16(8-11(7-14)19-13)20(17,18)12-5-3-4-10(15)6-12/h3-6,11H,7-9H2,1-2H3. The zero-order chi connectivity index (χ0) is 15.0. The number of alkyl halides is 1. The first-order chi connectivity index (χ1) is 9.24. The fourth-order valence-corrected chi connectivity index (χ4v) is 4.10. The fourth-order valence-electron chi connectivity index (χ4n) is 2.28.